The molecule has 0 aliphatic carbocycles. The van der Waals surface area contributed by atoms with Gasteiger partial charge in [0.05, 0.1) is 0 Å². The van der Waals surface area contributed by atoms with Gasteiger partial charge in [-0.25, -0.2) is 0 Å². The van der Waals surface area contributed by atoms with Crippen molar-refractivity contribution in [3.8, 4) is 11.8 Å². The Kier molecular flexibility index (Phi) is 5.02. The fraction of sp³-hybridized carbons (Fsp3) is 0.692. The zero-order valence-electron chi connectivity index (χ0n) is 10.5. The monoisotopic (exact) mass is 236 g/mol. The van der Waals surface area contributed by atoms with E-state index in [1.54, 1.807) is 11.8 Å². The number of nitrogens with two attached hydrogens (primary N) is 1. The van der Waals surface area contributed by atoms with Gasteiger partial charge in [0.2, 0.25) is 11.8 Å². The molecule has 1 aliphatic heterocycles. The van der Waals surface area contributed by atoms with Crippen molar-refractivity contribution in [3.63, 3.8) is 0 Å². The molecule has 0 aromatic rings. The SMILES string of the molecule is CC#CC1CCCC(=O)N(C(CC)C(N)=O)C1. The number of carbonyl (C=O) groups is 2. The molecule has 2 atom stereocenters. The van der Waals surface area contributed by atoms with E-state index >= 15 is 0 Å². The average molecular weight is 236 g/mol. The molecule has 2 amide bonds. The number of hydrogen-bond acceptors (Lipinski definition) is 2. The van der Waals surface area contributed by atoms with Gasteiger partial charge in [0.25, 0.3) is 0 Å². The molecule has 2 unspecified atom stereocenters. The molecule has 0 saturated carbocycles. The lowest BCUT2D eigenvalue weighted by atomic mass is 10.0. The molecular formula is C13H20N2O2. The molecule has 1 aliphatic rings. The summed E-state index contributed by atoms with van der Waals surface area (Å²) in [6, 6.07) is -0.484. The Morgan fingerprint density at radius 3 is 2.88 bits per heavy atom. The van der Waals surface area contributed by atoms with Crippen LogP contribution < -0.4 is 5.73 Å². The normalized spacial score (nSPS) is 22.4. The van der Waals surface area contributed by atoms with E-state index in [1.165, 1.54) is 0 Å². The molecule has 0 spiro atoms. The topological polar surface area (TPSA) is 63.4 Å². The van der Waals surface area contributed by atoms with Gasteiger partial charge in [-0.3, -0.25) is 9.59 Å². The summed E-state index contributed by atoms with van der Waals surface area (Å²) in [5.74, 6) is 5.75. The Hall–Kier alpha value is -1.50. The third kappa shape index (κ3) is 3.48. The Balaban J connectivity index is 2.86. The van der Waals surface area contributed by atoms with Crippen LogP contribution in [0.15, 0.2) is 0 Å². The fourth-order valence-electron chi connectivity index (χ4n) is 2.27. The molecule has 4 heteroatoms. The van der Waals surface area contributed by atoms with Gasteiger partial charge in [0, 0.05) is 18.9 Å². The van der Waals surface area contributed by atoms with Crippen molar-refractivity contribution in [2.24, 2.45) is 11.7 Å². The number of amides is 2. The summed E-state index contributed by atoms with van der Waals surface area (Å²) in [6.45, 7) is 4.19. The number of rotatable bonds is 3. The number of likely N-dealkylation sites (tertiary alicyclic amines) is 1. The Labute approximate surface area is 103 Å². The van der Waals surface area contributed by atoms with Gasteiger partial charge in [-0.15, -0.1) is 5.92 Å². The van der Waals surface area contributed by atoms with E-state index < -0.39 is 11.9 Å². The lowest BCUT2D eigenvalue weighted by molar-refractivity contribution is -0.139. The second-order valence-electron chi connectivity index (χ2n) is 4.36. The first-order valence-electron chi connectivity index (χ1n) is 6.11. The smallest absolute Gasteiger partial charge is 0.240 e. The summed E-state index contributed by atoms with van der Waals surface area (Å²) in [7, 11) is 0. The van der Waals surface area contributed by atoms with Crippen LogP contribution in [-0.4, -0.2) is 29.3 Å². The van der Waals surface area contributed by atoms with E-state index in [0.717, 1.165) is 12.8 Å². The quantitative estimate of drug-likeness (QED) is 0.740. The van der Waals surface area contributed by atoms with Crippen molar-refractivity contribution in [2.75, 3.05) is 6.54 Å². The number of hydrogen-bond donors (Lipinski definition) is 1. The predicted octanol–water partition coefficient (Wildman–Crippen LogP) is 0.902. The molecule has 1 saturated heterocycles. The zero-order chi connectivity index (χ0) is 12.8. The third-order valence-electron chi connectivity index (χ3n) is 3.12. The summed E-state index contributed by atoms with van der Waals surface area (Å²) in [5, 5.41) is 0. The van der Waals surface area contributed by atoms with Crippen molar-refractivity contribution in [2.45, 2.75) is 45.6 Å². The molecule has 94 valence electrons. The van der Waals surface area contributed by atoms with Crippen LogP contribution in [0.2, 0.25) is 0 Å². The Bertz CT molecular complexity index is 354. The van der Waals surface area contributed by atoms with Crippen LogP contribution in [0.4, 0.5) is 0 Å². The predicted molar refractivity (Wildman–Crippen MR) is 65.8 cm³/mol. The molecule has 0 bridgehead atoms. The molecule has 1 rings (SSSR count). The summed E-state index contributed by atoms with van der Waals surface area (Å²) < 4.78 is 0. The highest BCUT2D eigenvalue weighted by Gasteiger charge is 2.30. The maximum atomic E-state index is 11.9. The summed E-state index contributed by atoms with van der Waals surface area (Å²) >= 11 is 0. The average Bonchev–Trinajstić information content (AvgIpc) is 2.43. The van der Waals surface area contributed by atoms with E-state index in [4.69, 9.17) is 5.73 Å². The van der Waals surface area contributed by atoms with E-state index in [-0.39, 0.29) is 11.8 Å². The van der Waals surface area contributed by atoms with Crippen molar-refractivity contribution in [1.29, 1.82) is 0 Å². The number of carbonyl (C=O) groups excluding carboxylic acids is 2. The lowest BCUT2D eigenvalue weighted by Gasteiger charge is -2.29. The van der Waals surface area contributed by atoms with Gasteiger partial charge in [0.1, 0.15) is 6.04 Å². The van der Waals surface area contributed by atoms with Crippen LogP contribution in [0.25, 0.3) is 0 Å². The summed E-state index contributed by atoms with van der Waals surface area (Å²) in [5.41, 5.74) is 5.34. The largest absolute Gasteiger partial charge is 0.368 e. The zero-order valence-corrected chi connectivity index (χ0v) is 10.5. The Morgan fingerprint density at radius 1 is 1.65 bits per heavy atom. The lowest BCUT2D eigenvalue weighted by Crippen LogP contribution is -2.48. The van der Waals surface area contributed by atoms with Crippen molar-refractivity contribution >= 4 is 11.8 Å². The molecule has 0 radical (unpaired) electrons. The van der Waals surface area contributed by atoms with Crippen LogP contribution in [0, 0.1) is 17.8 Å². The van der Waals surface area contributed by atoms with Gasteiger partial charge in [-0.05, 0) is 26.2 Å². The van der Waals surface area contributed by atoms with E-state index in [2.05, 4.69) is 11.8 Å². The van der Waals surface area contributed by atoms with Gasteiger partial charge >= 0.3 is 0 Å². The van der Waals surface area contributed by atoms with E-state index in [9.17, 15) is 9.59 Å². The summed E-state index contributed by atoms with van der Waals surface area (Å²) in [4.78, 5) is 24.9. The molecular weight excluding hydrogens is 216 g/mol. The molecule has 0 aromatic heterocycles. The highest BCUT2D eigenvalue weighted by molar-refractivity contribution is 5.86. The van der Waals surface area contributed by atoms with Crippen molar-refractivity contribution in [1.82, 2.24) is 4.90 Å². The van der Waals surface area contributed by atoms with Crippen LogP contribution in [-0.2, 0) is 9.59 Å². The molecule has 0 aromatic carbocycles. The van der Waals surface area contributed by atoms with Gasteiger partial charge in [-0.2, -0.15) is 0 Å². The first-order chi connectivity index (χ1) is 8.10. The van der Waals surface area contributed by atoms with Gasteiger partial charge < -0.3 is 10.6 Å². The first kappa shape index (κ1) is 13.6. The Morgan fingerprint density at radius 2 is 2.35 bits per heavy atom. The molecule has 2 N–H and O–H groups in total. The number of primary amides is 1. The maximum absolute atomic E-state index is 11.9. The third-order valence-corrected chi connectivity index (χ3v) is 3.12. The highest BCUT2D eigenvalue weighted by atomic mass is 16.2. The fourth-order valence-corrected chi connectivity index (χ4v) is 2.27. The maximum Gasteiger partial charge on any atom is 0.240 e. The van der Waals surface area contributed by atoms with Gasteiger partial charge in [-0.1, -0.05) is 12.8 Å². The van der Waals surface area contributed by atoms with Crippen LogP contribution in [0.5, 0.6) is 0 Å². The van der Waals surface area contributed by atoms with Crippen LogP contribution >= 0.6 is 0 Å². The first-order valence-corrected chi connectivity index (χ1v) is 6.11. The molecule has 1 heterocycles. The minimum Gasteiger partial charge on any atom is -0.368 e. The van der Waals surface area contributed by atoms with Crippen molar-refractivity contribution < 1.29 is 9.59 Å². The van der Waals surface area contributed by atoms with E-state index in [1.807, 2.05) is 6.92 Å². The van der Waals surface area contributed by atoms with Crippen molar-refractivity contribution in [3.05, 3.63) is 0 Å². The van der Waals surface area contributed by atoms with Crippen LogP contribution in [0.3, 0.4) is 0 Å². The summed E-state index contributed by atoms with van der Waals surface area (Å²) in [6.07, 6.45) is 2.81. The number of nitrogens with zero attached hydrogens (tertiary/aromatic N) is 1. The standard InChI is InChI=1S/C13H20N2O2/c1-3-6-10-7-5-8-12(16)15(9-10)11(4-2)13(14)17/h10-11H,4-5,7-9H2,1-2H3,(H2,14,17). The molecule has 4 nitrogen and oxygen atoms in total. The van der Waals surface area contributed by atoms with Gasteiger partial charge in [0.15, 0.2) is 0 Å². The minimum absolute atomic E-state index is 0.0241. The second kappa shape index (κ2) is 6.29. The minimum atomic E-state index is -0.484. The van der Waals surface area contributed by atoms with Crippen LogP contribution in [0.1, 0.15) is 39.5 Å². The molecule has 1 fully saturated rings. The molecule has 17 heavy (non-hydrogen) atoms. The highest BCUT2D eigenvalue weighted by Crippen LogP contribution is 2.20. The van der Waals surface area contributed by atoms with E-state index in [0.29, 0.717) is 19.4 Å². The second-order valence-corrected chi connectivity index (χ2v) is 4.36.